The normalized spacial score (nSPS) is 12.1. The summed E-state index contributed by atoms with van der Waals surface area (Å²) in [5, 5.41) is 7.29. The lowest BCUT2D eigenvalue weighted by atomic mass is 10.2. The zero-order valence-electron chi connectivity index (χ0n) is 13.8. The van der Waals surface area contributed by atoms with Crippen molar-refractivity contribution in [2.45, 2.75) is 24.8 Å². The van der Waals surface area contributed by atoms with E-state index in [0.29, 0.717) is 0 Å². The average Bonchev–Trinajstić information content (AvgIpc) is 2.94. The maximum Gasteiger partial charge on any atom is 0.246 e. The monoisotopic (exact) mass is 357 g/mol. The molecule has 0 aliphatic heterocycles. The van der Waals surface area contributed by atoms with Crippen LogP contribution >= 0.6 is 23.1 Å². The van der Waals surface area contributed by atoms with Crippen molar-refractivity contribution in [1.29, 1.82) is 0 Å². The van der Waals surface area contributed by atoms with E-state index in [9.17, 15) is 4.79 Å². The molecule has 1 amide bonds. The highest BCUT2D eigenvalue weighted by Gasteiger charge is 2.14. The first-order valence-electron chi connectivity index (χ1n) is 7.64. The predicted octanol–water partition coefficient (Wildman–Crippen LogP) is 4.77. The summed E-state index contributed by atoms with van der Waals surface area (Å²) in [4.78, 5) is 18.0. The first kappa shape index (κ1) is 16.8. The van der Waals surface area contributed by atoms with E-state index in [0.717, 1.165) is 31.5 Å². The molecule has 1 heterocycles. The van der Waals surface area contributed by atoms with Crippen LogP contribution in [-0.4, -0.2) is 23.2 Å². The van der Waals surface area contributed by atoms with Crippen LogP contribution in [0.15, 0.2) is 47.4 Å². The number of nitrogens with zero attached hydrogens (tertiary/aromatic N) is 1. The number of carbonyl (C=O) groups excluding carboxylic acids is 1. The molecule has 0 unspecified atom stereocenters. The molecule has 3 aromatic rings. The Morgan fingerprint density at radius 2 is 2.04 bits per heavy atom. The van der Waals surface area contributed by atoms with Gasteiger partial charge in [0, 0.05) is 10.6 Å². The molecule has 0 saturated carbocycles. The molecule has 0 aliphatic carbocycles. The number of fused-ring (bicyclic) bond motifs is 1. The number of rotatable bonds is 5. The standard InChI is InChI=1S/C18H19N3OS2/c1-11(18(22)21-14-6-4-5-7-16(14)23-3)19-13-8-9-15-17(10-13)24-12(2)20-15/h4-11,19H,1-3H3,(H,21,22)/t11-/m0/s1. The summed E-state index contributed by atoms with van der Waals surface area (Å²) >= 11 is 3.27. The Balaban J connectivity index is 1.70. The number of thiazole rings is 1. The molecule has 1 atom stereocenters. The van der Waals surface area contributed by atoms with Crippen LogP contribution in [0.1, 0.15) is 11.9 Å². The predicted molar refractivity (Wildman–Crippen MR) is 104 cm³/mol. The number of nitrogens with one attached hydrogen (secondary N) is 2. The number of benzene rings is 2. The van der Waals surface area contributed by atoms with Crippen molar-refractivity contribution in [2.75, 3.05) is 16.9 Å². The van der Waals surface area contributed by atoms with E-state index < -0.39 is 0 Å². The molecule has 4 nitrogen and oxygen atoms in total. The molecule has 124 valence electrons. The number of amides is 1. The van der Waals surface area contributed by atoms with E-state index in [1.165, 1.54) is 0 Å². The van der Waals surface area contributed by atoms with Gasteiger partial charge in [-0.05, 0) is 50.4 Å². The third-order valence-electron chi connectivity index (χ3n) is 3.64. The number of thioether (sulfide) groups is 1. The van der Waals surface area contributed by atoms with Crippen molar-refractivity contribution in [3.05, 3.63) is 47.5 Å². The van der Waals surface area contributed by atoms with Gasteiger partial charge in [0.25, 0.3) is 0 Å². The third-order valence-corrected chi connectivity index (χ3v) is 5.37. The summed E-state index contributed by atoms with van der Waals surface area (Å²) in [7, 11) is 0. The maximum atomic E-state index is 12.5. The second-order valence-electron chi connectivity index (χ2n) is 5.47. The van der Waals surface area contributed by atoms with Crippen LogP contribution in [0, 0.1) is 6.92 Å². The molecule has 0 spiro atoms. The molecule has 0 bridgehead atoms. The van der Waals surface area contributed by atoms with Crippen molar-refractivity contribution in [2.24, 2.45) is 0 Å². The number of carbonyl (C=O) groups is 1. The lowest BCUT2D eigenvalue weighted by molar-refractivity contribution is -0.116. The van der Waals surface area contributed by atoms with E-state index >= 15 is 0 Å². The molecule has 2 N–H and O–H groups in total. The highest BCUT2D eigenvalue weighted by molar-refractivity contribution is 7.98. The van der Waals surface area contributed by atoms with Crippen molar-refractivity contribution in [3.8, 4) is 0 Å². The highest BCUT2D eigenvalue weighted by atomic mass is 32.2. The van der Waals surface area contributed by atoms with Crippen molar-refractivity contribution >= 4 is 50.6 Å². The molecule has 3 rings (SSSR count). The highest BCUT2D eigenvalue weighted by Crippen LogP contribution is 2.26. The summed E-state index contributed by atoms with van der Waals surface area (Å²) in [5.74, 6) is -0.0583. The smallest absolute Gasteiger partial charge is 0.246 e. The first-order valence-corrected chi connectivity index (χ1v) is 9.68. The summed E-state index contributed by atoms with van der Waals surface area (Å²) in [5.41, 5.74) is 2.76. The second kappa shape index (κ2) is 7.23. The Labute approximate surface area is 149 Å². The van der Waals surface area contributed by atoms with Crippen LogP contribution in [0.25, 0.3) is 10.2 Å². The Hall–Kier alpha value is -2.05. The van der Waals surface area contributed by atoms with E-state index in [1.807, 2.05) is 62.6 Å². The van der Waals surface area contributed by atoms with Crippen molar-refractivity contribution < 1.29 is 4.79 Å². The van der Waals surface area contributed by atoms with Crippen LogP contribution in [0.4, 0.5) is 11.4 Å². The van der Waals surface area contributed by atoms with Crippen molar-refractivity contribution in [1.82, 2.24) is 4.98 Å². The molecule has 2 aromatic carbocycles. The van der Waals surface area contributed by atoms with Gasteiger partial charge in [0.05, 0.1) is 20.9 Å². The van der Waals surface area contributed by atoms with Gasteiger partial charge in [-0.3, -0.25) is 4.79 Å². The summed E-state index contributed by atoms with van der Waals surface area (Å²) in [6.07, 6.45) is 2.00. The van der Waals surface area contributed by atoms with E-state index in [2.05, 4.69) is 15.6 Å². The summed E-state index contributed by atoms with van der Waals surface area (Å²) in [6, 6.07) is 13.4. The minimum Gasteiger partial charge on any atom is -0.374 e. The van der Waals surface area contributed by atoms with Crippen LogP contribution < -0.4 is 10.6 Å². The zero-order valence-corrected chi connectivity index (χ0v) is 15.4. The van der Waals surface area contributed by atoms with E-state index in [-0.39, 0.29) is 11.9 Å². The number of anilines is 2. The SMILES string of the molecule is CSc1ccccc1NC(=O)[C@H](C)Nc1ccc2nc(C)sc2c1. The number of para-hydroxylation sites is 1. The lowest BCUT2D eigenvalue weighted by Gasteiger charge is -2.16. The van der Waals surface area contributed by atoms with Gasteiger partial charge in [0.1, 0.15) is 6.04 Å². The van der Waals surface area contributed by atoms with Crippen LogP contribution in [0.5, 0.6) is 0 Å². The third kappa shape index (κ3) is 3.71. The van der Waals surface area contributed by atoms with E-state index in [4.69, 9.17) is 0 Å². The fraction of sp³-hybridized carbons (Fsp3) is 0.222. The van der Waals surface area contributed by atoms with Gasteiger partial charge in [-0.15, -0.1) is 23.1 Å². The number of hydrogen-bond donors (Lipinski definition) is 2. The van der Waals surface area contributed by atoms with Gasteiger partial charge in [0.15, 0.2) is 0 Å². The van der Waals surface area contributed by atoms with Gasteiger partial charge in [-0.2, -0.15) is 0 Å². The zero-order chi connectivity index (χ0) is 17.1. The van der Waals surface area contributed by atoms with Crippen molar-refractivity contribution in [3.63, 3.8) is 0 Å². The fourth-order valence-electron chi connectivity index (χ4n) is 2.43. The minimum absolute atomic E-state index is 0.0583. The summed E-state index contributed by atoms with van der Waals surface area (Å²) < 4.78 is 1.12. The minimum atomic E-state index is -0.341. The molecule has 0 saturated heterocycles. The Bertz CT molecular complexity index is 876. The number of hydrogen-bond acceptors (Lipinski definition) is 5. The summed E-state index contributed by atoms with van der Waals surface area (Å²) in [6.45, 7) is 3.86. The van der Waals surface area contributed by atoms with Gasteiger partial charge in [-0.1, -0.05) is 12.1 Å². The Kier molecular flexibility index (Phi) is 5.06. The molecule has 0 aliphatic rings. The first-order chi connectivity index (χ1) is 11.6. The molecule has 24 heavy (non-hydrogen) atoms. The fourth-order valence-corrected chi connectivity index (χ4v) is 3.85. The van der Waals surface area contributed by atoms with E-state index in [1.54, 1.807) is 23.1 Å². The Morgan fingerprint density at radius 3 is 2.83 bits per heavy atom. The van der Waals surface area contributed by atoms with Crippen LogP contribution in [-0.2, 0) is 4.79 Å². The quantitative estimate of drug-likeness (QED) is 0.646. The van der Waals surface area contributed by atoms with Gasteiger partial charge in [-0.25, -0.2) is 4.98 Å². The van der Waals surface area contributed by atoms with Gasteiger partial charge >= 0.3 is 0 Å². The van der Waals surface area contributed by atoms with Crippen LogP contribution in [0.3, 0.4) is 0 Å². The number of aromatic nitrogens is 1. The Morgan fingerprint density at radius 1 is 1.25 bits per heavy atom. The molecule has 0 radical (unpaired) electrons. The number of aryl methyl sites for hydroxylation is 1. The lowest BCUT2D eigenvalue weighted by Crippen LogP contribution is -2.32. The molecule has 1 aromatic heterocycles. The topological polar surface area (TPSA) is 54.0 Å². The largest absolute Gasteiger partial charge is 0.374 e. The molecule has 0 fully saturated rings. The van der Waals surface area contributed by atoms with Gasteiger partial charge < -0.3 is 10.6 Å². The second-order valence-corrected chi connectivity index (χ2v) is 7.55. The molecule has 6 heteroatoms. The van der Waals surface area contributed by atoms with Crippen LogP contribution in [0.2, 0.25) is 0 Å². The maximum absolute atomic E-state index is 12.5. The van der Waals surface area contributed by atoms with Gasteiger partial charge in [0.2, 0.25) is 5.91 Å². The average molecular weight is 358 g/mol. The molecular weight excluding hydrogens is 338 g/mol. The molecular formula is C18H19N3OS2.